The van der Waals surface area contributed by atoms with Gasteiger partial charge in [-0.15, -0.1) is 0 Å². The Hall–Kier alpha value is -4.56. The molecule has 0 saturated carbocycles. The van der Waals surface area contributed by atoms with Crippen LogP contribution in [0.3, 0.4) is 0 Å². The molecule has 40 heavy (non-hydrogen) atoms. The minimum atomic E-state index is -1.31. The Morgan fingerprint density at radius 2 is 1.57 bits per heavy atom. The Bertz CT molecular complexity index is 1370. The molecule has 0 unspecified atom stereocenters. The Morgan fingerprint density at radius 3 is 2.12 bits per heavy atom. The van der Waals surface area contributed by atoms with E-state index in [9.17, 15) is 23.9 Å². The van der Waals surface area contributed by atoms with Crippen molar-refractivity contribution in [1.82, 2.24) is 15.7 Å². The van der Waals surface area contributed by atoms with Crippen molar-refractivity contribution in [2.24, 2.45) is 0 Å². The van der Waals surface area contributed by atoms with E-state index < -0.39 is 24.0 Å². The third kappa shape index (κ3) is 9.63. The summed E-state index contributed by atoms with van der Waals surface area (Å²) in [4.78, 5) is 38.1. The van der Waals surface area contributed by atoms with Crippen LogP contribution in [0.5, 0.6) is 0 Å². The SMILES string of the molecule is C.C[C@@H](O)[C@H](NC(=O)c1ccc(C#Cc2ccc(NC(=O)CN(C)Cc3cccc(F)c3)cc2)cc1)C(=O)NO. The molecule has 2 atom stereocenters. The summed E-state index contributed by atoms with van der Waals surface area (Å²) in [5.41, 5.74) is 4.41. The van der Waals surface area contributed by atoms with Crippen LogP contribution in [0.1, 0.15) is 41.4 Å². The summed E-state index contributed by atoms with van der Waals surface area (Å²) in [5.74, 6) is 3.96. The van der Waals surface area contributed by atoms with Gasteiger partial charge in [-0.05, 0) is 80.2 Å². The van der Waals surface area contributed by atoms with E-state index in [-0.39, 0.29) is 31.3 Å². The molecule has 0 fully saturated rings. The van der Waals surface area contributed by atoms with Gasteiger partial charge in [-0.2, -0.15) is 0 Å². The molecule has 5 N–H and O–H groups in total. The number of likely N-dealkylation sites (N-methyl/N-ethyl adjacent to an activating group) is 1. The van der Waals surface area contributed by atoms with Gasteiger partial charge in [0.1, 0.15) is 11.9 Å². The van der Waals surface area contributed by atoms with E-state index in [0.717, 1.165) is 5.56 Å². The van der Waals surface area contributed by atoms with Gasteiger partial charge in [0.05, 0.1) is 12.6 Å². The van der Waals surface area contributed by atoms with Gasteiger partial charge in [-0.3, -0.25) is 24.5 Å². The van der Waals surface area contributed by atoms with Gasteiger partial charge in [0.15, 0.2) is 0 Å². The Morgan fingerprint density at radius 1 is 0.975 bits per heavy atom. The predicted octanol–water partition coefficient (Wildman–Crippen LogP) is 2.92. The zero-order valence-electron chi connectivity index (χ0n) is 21.4. The number of hydrogen-bond donors (Lipinski definition) is 5. The number of carbonyl (C=O) groups excluding carboxylic acids is 3. The second-order valence-electron chi connectivity index (χ2n) is 8.92. The third-order valence-electron chi connectivity index (χ3n) is 5.58. The standard InChI is InChI=1S/C29H29FN4O5.CH4/c1-19(35)27(29(38)33-39)32-28(37)23-12-8-20(9-13-23)6-7-21-10-14-25(15-11-21)31-26(36)18-34(2)17-22-4-3-5-24(30)16-22;/h3-5,8-16,19,27,35,39H,17-18H2,1-2H3,(H,31,36)(H,32,37)(H,33,38);1H4/t19-,27+;/m1./s1. The van der Waals surface area contributed by atoms with Crippen LogP contribution in [-0.2, 0) is 16.1 Å². The highest BCUT2D eigenvalue weighted by molar-refractivity contribution is 5.97. The summed E-state index contributed by atoms with van der Waals surface area (Å²) < 4.78 is 13.3. The molecule has 0 bridgehead atoms. The molecule has 3 rings (SSSR count). The number of nitrogens with zero attached hydrogens (tertiary/aromatic N) is 1. The van der Waals surface area contributed by atoms with Crippen LogP contribution >= 0.6 is 0 Å². The molecule has 3 aromatic carbocycles. The van der Waals surface area contributed by atoms with E-state index in [1.807, 2.05) is 0 Å². The molecular weight excluding hydrogens is 515 g/mol. The molecule has 10 heteroatoms. The molecule has 0 spiro atoms. The summed E-state index contributed by atoms with van der Waals surface area (Å²) in [6.45, 7) is 1.89. The minimum absolute atomic E-state index is 0. The van der Waals surface area contributed by atoms with Crippen LogP contribution in [0.25, 0.3) is 0 Å². The molecular formula is C30H33FN4O5. The number of nitrogens with one attached hydrogen (secondary N) is 3. The molecule has 3 amide bonds. The first kappa shape index (κ1) is 31.7. The van der Waals surface area contributed by atoms with Crippen LogP contribution in [0.2, 0.25) is 0 Å². The number of hydroxylamine groups is 1. The molecule has 0 aromatic heterocycles. The van der Waals surface area contributed by atoms with Crippen molar-refractivity contribution >= 4 is 23.4 Å². The molecule has 0 aliphatic carbocycles. The smallest absolute Gasteiger partial charge is 0.268 e. The lowest BCUT2D eigenvalue weighted by molar-refractivity contribution is -0.133. The summed E-state index contributed by atoms with van der Waals surface area (Å²) in [5, 5.41) is 23.6. The fraction of sp³-hybridized carbons (Fsp3) is 0.233. The van der Waals surface area contributed by atoms with Gasteiger partial charge < -0.3 is 15.7 Å². The largest absolute Gasteiger partial charge is 0.391 e. The Kier molecular flexibility index (Phi) is 12.0. The lowest BCUT2D eigenvalue weighted by Gasteiger charge is -2.19. The van der Waals surface area contributed by atoms with E-state index in [1.54, 1.807) is 60.5 Å². The van der Waals surface area contributed by atoms with Crippen LogP contribution in [0.4, 0.5) is 10.1 Å². The van der Waals surface area contributed by atoms with Crippen LogP contribution < -0.4 is 16.1 Å². The van der Waals surface area contributed by atoms with Crippen molar-refractivity contribution in [3.63, 3.8) is 0 Å². The number of amides is 3. The normalized spacial score (nSPS) is 11.8. The van der Waals surface area contributed by atoms with Gasteiger partial charge >= 0.3 is 0 Å². The van der Waals surface area contributed by atoms with Gasteiger partial charge in [0.25, 0.3) is 11.8 Å². The first-order chi connectivity index (χ1) is 18.6. The lowest BCUT2D eigenvalue weighted by atomic mass is 10.1. The van der Waals surface area contributed by atoms with Gasteiger partial charge in [0, 0.05) is 28.9 Å². The highest BCUT2D eigenvalue weighted by atomic mass is 19.1. The number of halogens is 1. The molecule has 3 aromatic rings. The van der Waals surface area contributed by atoms with Crippen LogP contribution in [-0.4, -0.2) is 58.7 Å². The zero-order valence-corrected chi connectivity index (χ0v) is 21.4. The average molecular weight is 549 g/mol. The first-order valence-electron chi connectivity index (χ1n) is 12.0. The zero-order chi connectivity index (χ0) is 28.4. The quantitative estimate of drug-likeness (QED) is 0.159. The van der Waals surface area contributed by atoms with Crippen molar-refractivity contribution in [1.29, 1.82) is 0 Å². The number of benzene rings is 3. The minimum Gasteiger partial charge on any atom is -0.391 e. The molecule has 0 heterocycles. The average Bonchev–Trinajstić information content (AvgIpc) is 2.90. The summed E-state index contributed by atoms with van der Waals surface area (Å²) in [6.07, 6.45) is -1.21. The predicted molar refractivity (Wildman–Crippen MR) is 150 cm³/mol. The maximum Gasteiger partial charge on any atom is 0.268 e. The Labute approximate surface area is 233 Å². The van der Waals surface area contributed by atoms with Crippen molar-refractivity contribution in [2.45, 2.75) is 33.0 Å². The second kappa shape index (κ2) is 15.1. The van der Waals surface area contributed by atoms with Crippen molar-refractivity contribution < 1.29 is 29.1 Å². The monoisotopic (exact) mass is 548 g/mol. The van der Waals surface area contributed by atoms with Gasteiger partial charge in [-0.25, -0.2) is 9.87 Å². The fourth-order valence-corrected chi connectivity index (χ4v) is 3.63. The number of carbonyl (C=O) groups is 3. The molecule has 0 aliphatic rings. The molecule has 9 nitrogen and oxygen atoms in total. The topological polar surface area (TPSA) is 131 Å². The van der Waals surface area contributed by atoms with E-state index in [4.69, 9.17) is 5.21 Å². The maximum atomic E-state index is 13.3. The number of rotatable bonds is 9. The van der Waals surface area contributed by atoms with E-state index >= 15 is 0 Å². The molecule has 0 aliphatic heterocycles. The van der Waals surface area contributed by atoms with E-state index in [2.05, 4.69) is 22.5 Å². The number of aliphatic hydroxyl groups excluding tert-OH is 1. The molecule has 210 valence electrons. The number of anilines is 1. The second-order valence-corrected chi connectivity index (χ2v) is 8.92. The maximum absolute atomic E-state index is 13.3. The van der Waals surface area contributed by atoms with Gasteiger partial charge in [-0.1, -0.05) is 31.4 Å². The van der Waals surface area contributed by atoms with Crippen molar-refractivity contribution in [2.75, 3.05) is 18.9 Å². The van der Waals surface area contributed by atoms with Crippen LogP contribution in [0, 0.1) is 17.7 Å². The number of hydrogen-bond acceptors (Lipinski definition) is 6. The first-order valence-corrected chi connectivity index (χ1v) is 12.0. The Balaban J connectivity index is 0.00000560. The lowest BCUT2D eigenvalue weighted by Crippen LogP contribution is -2.51. The summed E-state index contributed by atoms with van der Waals surface area (Å²) >= 11 is 0. The van der Waals surface area contributed by atoms with Crippen LogP contribution in [0.15, 0.2) is 72.8 Å². The van der Waals surface area contributed by atoms with Crippen molar-refractivity contribution in [3.05, 3.63) is 101 Å². The molecule has 0 saturated heterocycles. The number of aliphatic hydroxyl groups is 1. The van der Waals surface area contributed by atoms with E-state index in [0.29, 0.717) is 23.4 Å². The van der Waals surface area contributed by atoms with Gasteiger partial charge in [0.2, 0.25) is 5.91 Å². The highest BCUT2D eigenvalue weighted by Crippen LogP contribution is 2.11. The van der Waals surface area contributed by atoms with E-state index in [1.165, 1.54) is 36.7 Å². The summed E-state index contributed by atoms with van der Waals surface area (Å²) in [6, 6.07) is 18.3. The third-order valence-corrected chi connectivity index (χ3v) is 5.58. The highest BCUT2D eigenvalue weighted by Gasteiger charge is 2.25. The van der Waals surface area contributed by atoms with Crippen molar-refractivity contribution in [3.8, 4) is 11.8 Å². The fourth-order valence-electron chi connectivity index (χ4n) is 3.63. The molecule has 0 radical (unpaired) electrons. The summed E-state index contributed by atoms with van der Waals surface area (Å²) in [7, 11) is 1.78.